The highest BCUT2D eigenvalue weighted by Crippen LogP contribution is 2.75. The van der Waals surface area contributed by atoms with E-state index in [-0.39, 0.29) is 18.5 Å². The molecule has 4 fully saturated rings. The number of aliphatic hydroxyl groups is 6. The Morgan fingerprint density at radius 2 is 1.83 bits per heavy atom. The van der Waals surface area contributed by atoms with Gasteiger partial charge in [-0.1, -0.05) is 27.7 Å². The SMILES string of the molecule is CC(C)[C@@]1(O)[C@@H](OC(=O)c2ccc[nH]2)[C@@H](O)[C@@]2(C)CC3(O)O[C@@]4([C@H](O)[C@@H](C)CC[C@@]42O)[C@H](O)[C@@]31C. The second kappa shape index (κ2) is 7.06. The van der Waals surface area contributed by atoms with E-state index < -0.39 is 75.6 Å². The Bertz CT molecular complexity index is 1030. The molecule has 10 nitrogen and oxygen atoms in total. The van der Waals surface area contributed by atoms with Crippen LogP contribution in [0.2, 0.25) is 0 Å². The average molecular weight is 496 g/mol. The molecule has 0 aromatic carbocycles. The van der Waals surface area contributed by atoms with Crippen molar-refractivity contribution in [2.24, 2.45) is 22.7 Å². The fourth-order valence-electron chi connectivity index (χ4n) is 8.14. The van der Waals surface area contributed by atoms with Gasteiger partial charge in [0.15, 0.2) is 17.5 Å². The lowest BCUT2D eigenvalue weighted by Crippen LogP contribution is -2.82. The third-order valence-corrected chi connectivity index (χ3v) is 10.4. The lowest BCUT2D eigenvalue weighted by molar-refractivity contribution is -0.401. The van der Waals surface area contributed by atoms with Crippen molar-refractivity contribution in [1.29, 1.82) is 0 Å². The normalized spacial score (nSPS) is 55.0. The largest absolute Gasteiger partial charge is 0.452 e. The molecule has 0 amide bonds. The summed E-state index contributed by atoms with van der Waals surface area (Å²) in [5.41, 5.74) is -9.85. The van der Waals surface area contributed by atoms with Crippen LogP contribution in [0.4, 0.5) is 0 Å². The highest BCUT2D eigenvalue weighted by atomic mass is 16.7. The fraction of sp³-hybridized carbons (Fsp3) is 0.800. The predicted octanol–water partition coefficient (Wildman–Crippen LogP) is 0.0584. The summed E-state index contributed by atoms with van der Waals surface area (Å²) < 4.78 is 11.9. The Hall–Kier alpha value is -1.53. The zero-order chi connectivity index (χ0) is 26.0. The quantitative estimate of drug-likeness (QED) is 0.286. The highest BCUT2D eigenvalue weighted by Gasteiger charge is 2.92. The van der Waals surface area contributed by atoms with Crippen molar-refractivity contribution in [2.75, 3.05) is 0 Å². The van der Waals surface area contributed by atoms with E-state index in [9.17, 15) is 35.4 Å². The molecule has 1 unspecified atom stereocenters. The molecule has 4 aliphatic rings. The summed E-state index contributed by atoms with van der Waals surface area (Å²) in [6, 6.07) is 3.08. The third kappa shape index (κ3) is 2.43. The first-order valence-electron chi connectivity index (χ1n) is 12.3. The molecule has 7 N–H and O–H groups in total. The molecule has 2 saturated carbocycles. The Balaban J connectivity index is 1.79. The number of esters is 1. The van der Waals surface area contributed by atoms with Crippen molar-refractivity contribution >= 4 is 5.97 Å². The van der Waals surface area contributed by atoms with Gasteiger partial charge in [0.1, 0.15) is 29.1 Å². The molecule has 1 spiro atoms. The molecule has 196 valence electrons. The monoisotopic (exact) mass is 495 g/mol. The van der Waals surface area contributed by atoms with Crippen LogP contribution in [0.5, 0.6) is 0 Å². The van der Waals surface area contributed by atoms with Crippen LogP contribution in [0.15, 0.2) is 18.3 Å². The molecule has 2 aliphatic carbocycles. The first-order chi connectivity index (χ1) is 16.1. The zero-order valence-electron chi connectivity index (χ0n) is 20.7. The number of ether oxygens (including phenoxy) is 2. The molecule has 11 atom stereocenters. The van der Waals surface area contributed by atoms with Gasteiger partial charge in [0.25, 0.3) is 0 Å². The number of aromatic amines is 1. The third-order valence-electron chi connectivity index (χ3n) is 10.4. The lowest BCUT2D eigenvalue weighted by atomic mass is 9.47. The van der Waals surface area contributed by atoms with Gasteiger partial charge >= 0.3 is 5.97 Å². The van der Waals surface area contributed by atoms with Gasteiger partial charge in [-0.05, 0) is 43.7 Å². The van der Waals surface area contributed by atoms with Gasteiger partial charge in [-0.2, -0.15) is 0 Å². The van der Waals surface area contributed by atoms with E-state index >= 15 is 0 Å². The molecular formula is C25H37NO9. The van der Waals surface area contributed by atoms with E-state index in [0.29, 0.717) is 6.42 Å². The van der Waals surface area contributed by atoms with Crippen molar-refractivity contribution < 1.29 is 44.9 Å². The molecular weight excluding hydrogens is 458 g/mol. The number of hydrogen-bond acceptors (Lipinski definition) is 9. The van der Waals surface area contributed by atoms with Gasteiger partial charge in [0, 0.05) is 18.0 Å². The minimum atomic E-state index is -2.26. The van der Waals surface area contributed by atoms with E-state index in [4.69, 9.17) is 9.47 Å². The molecule has 5 rings (SSSR count). The van der Waals surface area contributed by atoms with Gasteiger partial charge in [0.05, 0.1) is 11.5 Å². The first-order valence-corrected chi connectivity index (χ1v) is 12.3. The zero-order valence-corrected chi connectivity index (χ0v) is 20.7. The highest BCUT2D eigenvalue weighted by molar-refractivity contribution is 5.87. The van der Waals surface area contributed by atoms with Crippen molar-refractivity contribution in [3.05, 3.63) is 24.0 Å². The van der Waals surface area contributed by atoms with Crippen LogP contribution in [-0.2, 0) is 9.47 Å². The van der Waals surface area contributed by atoms with Crippen LogP contribution >= 0.6 is 0 Å². The maximum absolute atomic E-state index is 13.0. The van der Waals surface area contributed by atoms with Crippen LogP contribution < -0.4 is 0 Å². The number of hydrogen-bond donors (Lipinski definition) is 7. The molecule has 3 heterocycles. The second-order valence-electron chi connectivity index (χ2n) is 12.0. The molecule has 1 aromatic heterocycles. The molecule has 35 heavy (non-hydrogen) atoms. The Morgan fingerprint density at radius 3 is 2.40 bits per heavy atom. The Labute approximate surface area is 203 Å². The topological polar surface area (TPSA) is 173 Å². The van der Waals surface area contributed by atoms with Gasteiger partial charge in [-0.15, -0.1) is 0 Å². The van der Waals surface area contributed by atoms with Gasteiger partial charge in [0.2, 0.25) is 0 Å². The van der Waals surface area contributed by atoms with Crippen molar-refractivity contribution in [1.82, 2.24) is 4.98 Å². The number of fused-ring (bicyclic) bond motifs is 2. The summed E-state index contributed by atoms with van der Waals surface area (Å²) in [5.74, 6) is -4.28. The second-order valence-corrected chi connectivity index (χ2v) is 12.0. The minimum Gasteiger partial charge on any atom is -0.452 e. The Kier molecular flexibility index (Phi) is 5.07. The van der Waals surface area contributed by atoms with Gasteiger partial charge < -0.3 is 45.1 Å². The number of rotatable bonds is 3. The summed E-state index contributed by atoms with van der Waals surface area (Å²) in [6.07, 6.45) is -4.91. The summed E-state index contributed by atoms with van der Waals surface area (Å²) in [6.45, 7) is 7.96. The van der Waals surface area contributed by atoms with Crippen molar-refractivity contribution in [2.45, 2.75) is 101 Å². The summed E-state index contributed by atoms with van der Waals surface area (Å²) >= 11 is 0. The number of nitrogens with one attached hydrogen (secondary N) is 1. The number of H-pyrrole nitrogens is 1. The maximum Gasteiger partial charge on any atom is 0.355 e. The molecule has 3 bridgehead atoms. The van der Waals surface area contributed by atoms with E-state index in [1.165, 1.54) is 26.1 Å². The van der Waals surface area contributed by atoms with E-state index in [2.05, 4.69) is 4.98 Å². The van der Waals surface area contributed by atoms with Crippen molar-refractivity contribution in [3.63, 3.8) is 0 Å². The van der Waals surface area contributed by atoms with E-state index in [0.717, 1.165) is 0 Å². The minimum absolute atomic E-state index is 0.0550. The molecule has 2 saturated heterocycles. The Morgan fingerprint density at radius 1 is 1.17 bits per heavy atom. The summed E-state index contributed by atoms with van der Waals surface area (Å²) in [7, 11) is 0. The van der Waals surface area contributed by atoms with Gasteiger partial charge in [-0.3, -0.25) is 0 Å². The lowest BCUT2D eigenvalue weighted by Gasteiger charge is -2.65. The number of carbonyl (C=O) groups excluding carboxylic acids is 1. The summed E-state index contributed by atoms with van der Waals surface area (Å²) in [5, 5.41) is 72.1. The average Bonchev–Trinajstić information content (AvgIpc) is 3.38. The number of aliphatic hydroxyl groups excluding tert-OH is 3. The van der Waals surface area contributed by atoms with E-state index in [1.54, 1.807) is 26.8 Å². The van der Waals surface area contributed by atoms with Crippen LogP contribution in [0.1, 0.15) is 64.4 Å². The van der Waals surface area contributed by atoms with Crippen molar-refractivity contribution in [3.8, 4) is 0 Å². The predicted molar refractivity (Wildman–Crippen MR) is 121 cm³/mol. The summed E-state index contributed by atoms with van der Waals surface area (Å²) in [4.78, 5) is 15.8. The molecule has 2 aliphatic heterocycles. The van der Waals surface area contributed by atoms with E-state index in [1.807, 2.05) is 0 Å². The molecule has 1 aromatic rings. The molecule has 0 radical (unpaired) electrons. The van der Waals surface area contributed by atoms with Crippen LogP contribution in [0, 0.1) is 22.7 Å². The maximum atomic E-state index is 13.0. The number of carbonyl (C=O) groups is 1. The standard InChI is InChI=1S/C25H37NO9/c1-12(2)24(33)17(34-18(29)14-7-6-10-26-14)16(28)20(4)11-23(32)21(24,5)19(30)25(35-23)15(27)13(3)8-9-22(20,25)31/h6-7,10,12-13,15-17,19,26-28,30-33H,8-9,11H2,1-5H3/t13-,15+,16+,17-,19+,20+,21-,22-,23?,24+,25-/m0/s1. The first kappa shape index (κ1) is 25.1. The van der Waals surface area contributed by atoms with Crippen LogP contribution in [-0.4, -0.2) is 88.6 Å². The van der Waals surface area contributed by atoms with Crippen LogP contribution in [0.25, 0.3) is 0 Å². The smallest absolute Gasteiger partial charge is 0.355 e. The van der Waals surface area contributed by atoms with Crippen LogP contribution in [0.3, 0.4) is 0 Å². The van der Waals surface area contributed by atoms with Gasteiger partial charge in [-0.25, -0.2) is 4.79 Å². The molecule has 10 heteroatoms. The number of aromatic nitrogens is 1. The fourth-order valence-corrected chi connectivity index (χ4v) is 8.14.